The highest BCUT2D eigenvalue weighted by Crippen LogP contribution is 2.34. The Morgan fingerprint density at radius 1 is 1.19 bits per heavy atom. The van der Waals surface area contributed by atoms with Gasteiger partial charge in [-0.2, -0.15) is 0 Å². The maximum absolute atomic E-state index is 6.47. The summed E-state index contributed by atoms with van der Waals surface area (Å²) in [6.07, 6.45) is 10.0. The molecule has 16 heavy (non-hydrogen) atoms. The fourth-order valence-electron chi connectivity index (χ4n) is 2.61. The first-order valence-electron chi connectivity index (χ1n) is 6.01. The topological polar surface area (TPSA) is 43.3 Å². The zero-order valence-electron chi connectivity index (χ0n) is 9.39. The molecule has 0 saturated heterocycles. The smallest absolute Gasteiger partial charge is 0.137 e. The first kappa shape index (κ1) is 9.85. The lowest BCUT2D eigenvalue weighted by atomic mass is 9.80. The fourth-order valence-corrected chi connectivity index (χ4v) is 2.61. The van der Waals surface area contributed by atoms with E-state index in [9.17, 15) is 0 Å². The van der Waals surface area contributed by atoms with Gasteiger partial charge in [0.25, 0.3) is 0 Å². The summed E-state index contributed by atoms with van der Waals surface area (Å²) in [7, 11) is 0. The lowest BCUT2D eigenvalue weighted by Gasteiger charge is -2.31. The molecular formula is C13H17N3. The van der Waals surface area contributed by atoms with Crippen LogP contribution in [0.25, 0.3) is 5.65 Å². The van der Waals surface area contributed by atoms with Crippen LogP contribution >= 0.6 is 0 Å². The fraction of sp³-hybridized carbons (Fsp3) is 0.462. The largest absolute Gasteiger partial charge is 0.320 e. The number of hydrogen-bond acceptors (Lipinski definition) is 2. The van der Waals surface area contributed by atoms with Crippen LogP contribution in [-0.2, 0) is 5.54 Å². The summed E-state index contributed by atoms with van der Waals surface area (Å²) in [5, 5.41) is 0. The van der Waals surface area contributed by atoms with Crippen LogP contribution in [0.1, 0.15) is 37.8 Å². The summed E-state index contributed by atoms with van der Waals surface area (Å²) in [5.41, 5.74) is 8.33. The van der Waals surface area contributed by atoms with E-state index in [-0.39, 0.29) is 5.54 Å². The van der Waals surface area contributed by atoms with Gasteiger partial charge < -0.3 is 10.1 Å². The van der Waals surface area contributed by atoms with Gasteiger partial charge in [-0.15, -0.1) is 0 Å². The van der Waals surface area contributed by atoms with Gasteiger partial charge in [-0.25, -0.2) is 4.98 Å². The molecule has 3 rings (SSSR count). The minimum absolute atomic E-state index is 0.190. The van der Waals surface area contributed by atoms with E-state index >= 15 is 0 Å². The van der Waals surface area contributed by atoms with E-state index in [0.29, 0.717) is 0 Å². The van der Waals surface area contributed by atoms with Crippen molar-refractivity contribution in [3.63, 3.8) is 0 Å². The average Bonchev–Trinajstić information content (AvgIpc) is 2.74. The second-order valence-electron chi connectivity index (χ2n) is 4.81. The van der Waals surface area contributed by atoms with Crippen LogP contribution < -0.4 is 5.73 Å². The second-order valence-corrected chi connectivity index (χ2v) is 4.81. The van der Waals surface area contributed by atoms with Crippen molar-refractivity contribution in [2.24, 2.45) is 5.73 Å². The predicted molar refractivity (Wildman–Crippen MR) is 64.1 cm³/mol. The van der Waals surface area contributed by atoms with Gasteiger partial charge in [0.15, 0.2) is 0 Å². The van der Waals surface area contributed by atoms with E-state index in [0.717, 1.165) is 24.2 Å². The number of fused-ring (bicyclic) bond motifs is 1. The van der Waals surface area contributed by atoms with E-state index in [2.05, 4.69) is 15.6 Å². The Morgan fingerprint density at radius 2 is 2.00 bits per heavy atom. The number of rotatable bonds is 1. The predicted octanol–water partition coefficient (Wildman–Crippen LogP) is 2.45. The van der Waals surface area contributed by atoms with E-state index in [4.69, 9.17) is 5.73 Å². The summed E-state index contributed by atoms with van der Waals surface area (Å²) < 4.78 is 2.05. The molecule has 2 heterocycles. The van der Waals surface area contributed by atoms with Crippen molar-refractivity contribution in [2.75, 3.05) is 0 Å². The SMILES string of the molecule is NC1(c2cn3ccccc3n2)CCCCC1. The van der Waals surface area contributed by atoms with Crippen LogP contribution in [0.4, 0.5) is 0 Å². The lowest BCUT2D eigenvalue weighted by Crippen LogP contribution is -2.38. The Kier molecular flexibility index (Phi) is 2.21. The maximum Gasteiger partial charge on any atom is 0.137 e. The monoisotopic (exact) mass is 215 g/mol. The van der Waals surface area contributed by atoms with Crippen molar-refractivity contribution >= 4 is 5.65 Å². The van der Waals surface area contributed by atoms with Crippen molar-refractivity contribution in [3.8, 4) is 0 Å². The van der Waals surface area contributed by atoms with Crippen molar-refractivity contribution in [1.82, 2.24) is 9.38 Å². The number of nitrogens with zero attached hydrogens (tertiary/aromatic N) is 2. The Bertz CT molecular complexity index is 462. The van der Waals surface area contributed by atoms with Crippen molar-refractivity contribution < 1.29 is 0 Å². The molecule has 2 N–H and O–H groups in total. The second kappa shape index (κ2) is 3.59. The Morgan fingerprint density at radius 3 is 2.75 bits per heavy atom. The molecule has 0 bridgehead atoms. The third-order valence-electron chi connectivity index (χ3n) is 3.62. The van der Waals surface area contributed by atoms with Gasteiger partial charge >= 0.3 is 0 Å². The first-order chi connectivity index (χ1) is 7.78. The summed E-state index contributed by atoms with van der Waals surface area (Å²) >= 11 is 0. The van der Waals surface area contributed by atoms with Crippen LogP contribution in [0.15, 0.2) is 30.6 Å². The maximum atomic E-state index is 6.47. The molecule has 1 fully saturated rings. The third kappa shape index (κ3) is 1.52. The summed E-state index contributed by atoms with van der Waals surface area (Å²) in [6, 6.07) is 6.05. The zero-order chi connectivity index (χ0) is 11.0. The third-order valence-corrected chi connectivity index (χ3v) is 3.62. The average molecular weight is 215 g/mol. The summed E-state index contributed by atoms with van der Waals surface area (Å²) in [4.78, 5) is 4.65. The molecule has 84 valence electrons. The number of aromatic nitrogens is 2. The van der Waals surface area contributed by atoms with E-state index in [1.807, 2.05) is 24.4 Å². The molecule has 2 aromatic rings. The van der Waals surface area contributed by atoms with Crippen LogP contribution in [-0.4, -0.2) is 9.38 Å². The molecule has 0 aromatic carbocycles. The Hall–Kier alpha value is -1.35. The van der Waals surface area contributed by atoms with E-state index in [1.54, 1.807) is 0 Å². The number of nitrogens with two attached hydrogens (primary N) is 1. The molecule has 3 heteroatoms. The highest BCUT2D eigenvalue weighted by molar-refractivity contribution is 5.40. The highest BCUT2D eigenvalue weighted by atomic mass is 15.0. The molecule has 0 atom stereocenters. The highest BCUT2D eigenvalue weighted by Gasteiger charge is 2.31. The Labute approximate surface area is 95.3 Å². The van der Waals surface area contributed by atoms with Gasteiger partial charge in [0.1, 0.15) is 5.65 Å². The van der Waals surface area contributed by atoms with Gasteiger partial charge in [0.2, 0.25) is 0 Å². The van der Waals surface area contributed by atoms with Crippen molar-refractivity contribution in [3.05, 3.63) is 36.3 Å². The quantitative estimate of drug-likeness (QED) is 0.794. The summed E-state index contributed by atoms with van der Waals surface area (Å²) in [5.74, 6) is 0. The van der Waals surface area contributed by atoms with Crippen LogP contribution in [0, 0.1) is 0 Å². The molecule has 0 amide bonds. The molecule has 1 saturated carbocycles. The molecule has 1 aliphatic rings. The molecule has 0 unspecified atom stereocenters. The first-order valence-corrected chi connectivity index (χ1v) is 6.01. The lowest BCUT2D eigenvalue weighted by molar-refractivity contribution is 0.296. The van der Waals surface area contributed by atoms with E-state index < -0.39 is 0 Å². The Balaban J connectivity index is 2.04. The summed E-state index contributed by atoms with van der Waals surface area (Å²) in [6.45, 7) is 0. The van der Waals surface area contributed by atoms with Crippen molar-refractivity contribution in [1.29, 1.82) is 0 Å². The molecule has 0 radical (unpaired) electrons. The molecule has 3 nitrogen and oxygen atoms in total. The number of pyridine rings is 1. The standard InChI is InChI=1S/C13H17N3/c14-13(7-3-1-4-8-13)11-10-16-9-5-2-6-12(16)15-11/h2,5-6,9-10H,1,3-4,7-8,14H2. The number of hydrogen-bond donors (Lipinski definition) is 1. The van der Waals surface area contributed by atoms with E-state index in [1.165, 1.54) is 19.3 Å². The van der Waals surface area contributed by atoms with Crippen LogP contribution in [0.2, 0.25) is 0 Å². The molecule has 2 aromatic heterocycles. The van der Waals surface area contributed by atoms with Gasteiger partial charge in [-0.05, 0) is 25.0 Å². The van der Waals surface area contributed by atoms with Crippen LogP contribution in [0.5, 0.6) is 0 Å². The molecule has 0 spiro atoms. The zero-order valence-corrected chi connectivity index (χ0v) is 9.39. The minimum Gasteiger partial charge on any atom is -0.320 e. The van der Waals surface area contributed by atoms with Gasteiger partial charge in [-0.1, -0.05) is 25.3 Å². The number of imidazole rings is 1. The van der Waals surface area contributed by atoms with Crippen molar-refractivity contribution in [2.45, 2.75) is 37.6 Å². The minimum atomic E-state index is -0.190. The van der Waals surface area contributed by atoms with Gasteiger partial charge in [0, 0.05) is 12.4 Å². The normalized spacial score (nSPS) is 20.1. The van der Waals surface area contributed by atoms with Crippen LogP contribution in [0.3, 0.4) is 0 Å². The van der Waals surface area contributed by atoms with Gasteiger partial charge in [-0.3, -0.25) is 0 Å². The molecular weight excluding hydrogens is 198 g/mol. The molecule has 1 aliphatic carbocycles. The molecule has 0 aliphatic heterocycles. The van der Waals surface area contributed by atoms with Gasteiger partial charge in [0.05, 0.1) is 11.2 Å².